The topological polar surface area (TPSA) is 9.23 Å². The molecule has 2 fully saturated rings. The first-order chi connectivity index (χ1) is 18.0. The third-order valence-corrected chi connectivity index (χ3v) is 8.62. The van der Waals surface area contributed by atoms with Crippen molar-refractivity contribution in [2.75, 3.05) is 0 Å². The highest BCUT2D eigenvalue weighted by molar-refractivity contribution is 5.27. The molecule has 2 aliphatic rings. The van der Waals surface area contributed by atoms with Crippen LogP contribution in [0.3, 0.4) is 0 Å². The first kappa shape index (κ1) is 27.8. The van der Waals surface area contributed by atoms with Crippen molar-refractivity contribution in [2.45, 2.75) is 102 Å². The molecule has 0 aliphatic heterocycles. The first-order valence-electron chi connectivity index (χ1n) is 14.4. The molecule has 2 aromatic rings. The Hall–Kier alpha value is -2.26. The van der Waals surface area contributed by atoms with Gasteiger partial charge in [-0.2, -0.15) is 8.78 Å². The second-order valence-electron chi connectivity index (χ2n) is 11.3. The molecule has 3 heteroatoms. The van der Waals surface area contributed by atoms with Gasteiger partial charge in [0.15, 0.2) is 0 Å². The van der Waals surface area contributed by atoms with E-state index in [9.17, 15) is 8.78 Å². The van der Waals surface area contributed by atoms with E-state index in [4.69, 9.17) is 4.74 Å². The van der Waals surface area contributed by atoms with Gasteiger partial charge in [0.05, 0.1) is 13.0 Å². The number of hydrogen-bond acceptors (Lipinski definition) is 1. The van der Waals surface area contributed by atoms with E-state index in [-0.39, 0.29) is 6.61 Å². The summed E-state index contributed by atoms with van der Waals surface area (Å²) in [5, 5.41) is 0. The van der Waals surface area contributed by atoms with Gasteiger partial charge in [0.1, 0.15) is 0 Å². The van der Waals surface area contributed by atoms with Crippen LogP contribution < -0.4 is 0 Å². The van der Waals surface area contributed by atoms with Crippen LogP contribution in [-0.4, -0.2) is 6.11 Å². The number of hydrogen-bond donors (Lipinski definition) is 0. The third kappa shape index (κ3) is 8.37. The minimum atomic E-state index is -3.19. The first-order valence-corrected chi connectivity index (χ1v) is 14.4. The highest BCUT2D eigenvalue weighted by atomic mass is 19.3. The fourth-order valence-electron chi connectivity index (χ4n) is 6.33. The van der Waals surface area contributed by atoms with E-state index >= 15 is 0 Å². The lowest BCUT2D eigenvalue weighted by molar-refractivity contribution is -0.244. The summed E-state index contributed by atoms with van der Waals surface area (Å²) in [4.78, 5) is 0. The van der Waals surface area contributed by atoms with Crippen molar-refractivity contribution in [1.29, 1.82) is 0 Å². The second kappa shape index (κ2) is 13.5. The van der Waals surface area contributed by atoms with Crippen LogP contribution in [0.1, 0.15) is 105 Å². The van der Waals surface area contributed by atoms with Crippen LogP contribution in [0.2, 0.25) is 0 Å². The molecule has 0 atom stereocenters. The molecular formula is C34H44F2O. The van der Waals surface area contributed by atoms with Gasteiger partial charge in [-0.1, -0.05) is 66.8 Å². The zero-order valence-electron chi connectivity index (χ0n) is 22.5. The maximum atomic E-state index is 14.6. The fourth-order valence-corrected chi connectivity index (χ4v) is 6.33. The van der Waals surface area contributed by atoms with Gasteiger partial charge in [0.2, 0.25) is 0 Å². The average molecular weight is 507 g/mol. The van der Waals surface area contributed by atoms with Crippen molar-refractivity contribution < 1.29 is 13.5 Å². The Morgan fingerprint density at radius 2 is 1.35 bits per heavy atom. The van der Waals surface area contributed by atoms with Gasteiger partial charge in [-0.05, 0) is 117 Å². The predicted octanol–water partition coefficient (Wildman–Crippen LogP) is 10.1. The lowest BCUT2D eigenvalue weighted by Gasteiger charge is -2.28. The molecule has 37 heavy (non-hydrogen) atoms. The van der Waals surface area contributed by atoms with Crippen LogP contribution in [0.15, 0.2) is 73.3 Å². The number of halogens is 2. The van der Waals surface area contributed by atoms with E-state index in [2.05, 4.69) is 37.8 Å². The summed E-state index contributed by atoms with van der Waals surface area (Å²) in [5.74, 6) is 2.65. The summed E-state index contributed by atoms with van der Waals surface area (Å²) >= 11 is 0. The quantitative estimate of drug-likeness (QED) is 0.275. The normalized spacial score (nSPS) is 24.8. The molecule has 2 saturated carbocycles. The Labute approximate surface area is 223 Å². The second-order valence-corrected chi connectivity index (χ2v) is 11.3. The van der Waals surface area contributed by atoms with Crippen LogP contribution in [0.5, 0.6) is 0 Å². The van der Waals surface area contributed by atoms with E-state index < -0.39 is 12.5 Å². The van der Waals surface area contributed by atoms with Crippen molar-refractivity contribution in [3.05, 3.63) is 95.6 Å². The molecule has 0 amide bonds. The Balaban J connectivity index is 1.22. The molecule has 0 radical (unpaired) electrons. The molecule has 200 valence electrons. The largest absolute Gasteiger partial charge is 0.360 e. The highest BCUT2D eigenvalue weighted by Crippen LogP contribution is 2.38. The van der Waals surface area contributed by atoms with Gasteiger partial charge in [-0.3, -0.25) is 0 Å². The molecule has 0 N–H and O–H groups in total. The third-order valence-electron chi connectivity index (χ3n) is 8.62. The molecule has 0 bridgehead atoms. The summed E-state index contributed by atoms with van der Waals surface area (Å²) in [5.41, 5.74) is 4.02. The van der Waals surface area contributed by atoms with Crippen molar-refractivity contribution in [3.63, 3.8) is 0 Å². The van der Waals surface area contributed by atoms with Gasteiger partial charge in [-0.25, -0.2) is 0 Å². The molecule has 0 aromatic heterocycles. The molecule has 1 nitrogen and oxygen atoms in total. The summed E-state index contributed by atoms with van der Waals surface area (Å²) in [7, 11) is 0. The minimum Gasteiger partial charge on any atom is -0.315 e. The van der Waals surface area contributed by atoms with Crippen LogP contribution in [-0.2, 0) is 17.8 Å². The van der Waals surface area contributed by atoms with Gasteiger partial charge < -0.3 is 4.74 Å². The lowest BCUT2D eigenvalue weighted by atomic mass is 9.77. The minimum absolute atomic E-state index is 0.0743. The van der Waals surface area contributed by atoms with Gasteiger partial charge >= 0.3 is 6.11 Å². The average Bonchev–Trinajstić information content (AvgIpc) is 2.92. The Morgan fingerprint density at radius 1 is 0.811 bits per heavy atom. The predicted molar refractivity (Wildman–Crippen MR) is 150 cm³/mol. The highest BCUT2D eigenvalue weighted by Gasteiger charge is 2.31. The van der Waals surface area contributed by atoms with Crippen molar-refractivity contribution in [2.24, 2.45) is 11.8 Å². The molecule has 0 heterocycles. The summed E-state index contributed by atoms with van der Waals surface area (Å²) < 4.78 is 34.3. The molecule has 0 unspecified atom stereocenters. The van der Waals surface area contributed by atoms with Crippen LogP contribution in [0.25, 0.3) is 0 Å². The Kier molecular flexibility index (Phi) is 10.1. The van der Waals surface area contributed by atoms with Gasteiger partial charge in [-0.15, -0.1) is 6.58 Å². The lowest BCUT2D eigenvalue weighted by Crippen LogP contribution is -2.23. The summed E-state index contributed by atoms with van der Waals surface area (Å²) in [6, 6.07) is 15.9. The Bertz CT molecular complexity index is 975. The zero-order valence-corrected chi connectivity index (χ0v) is 22.5. The maximum absolute atomic E-state index is 14.6. The number of benzene rings is 2. The van der Waals surface area contributed by atoms with Crippen molar-refractivity contribution >= 4 is 0 Å². The van der Waals surface area contributed by atoms with Crippen LogP contribution in [0.4, 0.5) is 8.78 Å². The summed E-state index contributed by atoms with van der Waals surface area (Å²) in [6.07, 6.45) is 15.0. The molecular weight excluding hydrogens is 462 g/mol. The van der Waals surface area contributed by atoms with Gasteiger partial charge in [0.25, 0.3) is 0 Å². The monoisotopic (exact) mass is 506 g/mol. The molecule has 0 saturated heterocycles. The van der Waals surface area contributed by atoms with Crippen LogP contribution >= 0.6 is 0 Å². The van der Waals surface area contributed by atoms with E-state index in [1.165, 1.54) is 68.9 Å². The number of rotatable bonds is 11. The standard InChI is InChI=1S/C34H44F2O/c1-3-5-7-27-10-18-31(19-11-27)33-22-14-29(15-23-33)25-37-34(35,36)24-28-12-20-32(21-13-28)30-16-8-26(6-4-2)9-17-30/h3-4,6,12-15,20-23,26-27,30-31H,1,5,7-11,16-19,24-25H2,2H3/b6-4+. The SMILES string of the molecule is C=CCCC1CCC(c2ccc(COC(F)(F)Cc3ccc(C4CCC(/C=C/C)CC4)cc3)cc2)CC1. The zero-order chi connectivity index (χ0) is 26.1. The van der Waals surface area contributed by atoms with Crippen LogP contribution in [0, 0.1) is 11.8 Å². The Morgan fingerprint density at radius 3 is 1.89 bits per heavy atom. The molecule has 4 rings (SSSR count). The molecule has 2 aromatic carbocycles. The van der Waals surface area contributed by atoms with Crippen molar-refractivity contribution in [3.8, 4) is 0 Å². The van der Waals surface area contributed by atoms with E-state index in [0.29, 0.717) is 23.3 Å². The maximum Gasteiger partial charge on any atom is 0.360 e. The molecule has 2 aliphatic carbocycles. The molecule has 0 spiro atoms. The fraction of sp³-hybridized carbons (Fsp3) is 0.529. The van der Waals surface area contributed by atoms with E-state index in [1.807, 2.05) is 42.5 Å². The van der Waals surface area contributed by atoms with E-state index in [1.54, 1.807) is 0 Å². The van der Waals surface area contributed by atoms with E-state index in [0.717, 1.165) is 17.9 Å². The number of ether oxygens (including phenoxy) is 1. The smallest absolute Gasteiger partial charge is 0.315 e. The van der Waals surface area contributed by atoms with Crippen molar-refractivity contribution in [1.82, 2.24) is 0 Å². The number of allylic oxidation sites excluding steroid dienone is 3. The number of alkyl halides is 2. The summed E-state index contributed by atoms with van der Waals surface area (Å²) in [6.45, 7) is 5.84. The van der Waals surface area contributed by atoms with Gasteiger partial charge in [0, 0.05) is 0 Å².